The summed E-state index contributed by atoms with van der Waals surface area (Å²) in [6, 6.07) is 0. The van der Waals surface area contributed by atoms with Crippen molar-refractivity contribution in [3.05, 3.63) is 48.6 Å². The molecular formula is C59H106O6. The number of esters is 3. The van der Waals surface area contributed by atoms with E-state index in [1.807, 2.05) is 0 Å². The average molecular weight is 911 g/mol. The lowest BCUT2D eigenvalue weighted by Gasteiger charge is -2.18. The van der Waals surface area contributed by atoms with Crippen LogP contribution in [0.4, 0.5) is 0 Å². The van der Waals surface area contributed by atoms with Gasteiger partial charge in [0, 0.05) is 19.3 Å². The number of rotatable bonds is 51. The molecule has 0 aromatic heterocycles. The van der Waals surface area contributed by atoms with E-state index < -0.39 is 6.10 Å². The second-order valence-corrected chi connectivity index (χ2v) is 18.8. The van der Waals surface area contributed by atoms with Crippen molar-refractivity contribution < 1.29 is 28.6 Å². The minimum absolute atomic E-state index is 0.0703. The minimum Gasteiger partial charge on any atom is -0.462 e. The molecule has 1 unspecified atom stereocenters. The molecule has 0 bridgehead atoms. The van der Waals surface area contributed by atoms with Crippen LogP contribution in [0.1, 0.15) is 290 Å². The van der Waals surface area contributed by atoms with E-state index in [2.05, 4.69) is 69.4 Å². The van der Waals surface area contributed by atoms with E-state index in [1.54, 1.807) is 0 Å². The molecule has 0 heterocycles. The van der Waals surface area contributed by atoms with Crippen LogP contribution in [0.25, 0.3) is 0 Å². The van der Waals surface area contributed by atoms with Gasteiger partial charge < -0.3 is 14.2 Å². The van der Waals surface area contributed by atoms with Gasteiger partial charge in [0.15, 0.2) is 6.10 Å². The summed E-state index contributed by atoms with van der Waals surface area (Å²) in [7, 11) is 0. The van der Waals surface area contributed by atoms with Gasteiger partial charge in [-0.2, -0.15) is 0 Å². The van der Waals surface area contributed by atoms with Gasteiger partial charge in [-0.25, -0.2) is 0 Å². The van der Waals surface area contributed by atoms with Crippen molar-refractivity contribution in [1.82, 2.24) is 0 Å². The van der Waals surface area contributed by atoms with Crippen molar-refractivity contribution in [3.8, 4) is 0 Å². The second-order valence-electron chi connectivity index (χ2n) is 18.8. The lowest BCUT2D eigenvalue weighted by molar-refractivity contribution is -0.167. The Bertz CT molecular complexity index is 1140. The minimum atomic E-state index is -0.769. The molecule has 0 aromatic carbocycles. The van der Waals surface area contributed by atoms with Crippen molar-refractivity contribution in [2.75, 3.05) is 13.2 Å². The molecule has 0 amide bonds. The largest absolute Gasteiger partial charge is 0.462 e. The molecule has 0 saturated heterocycles. The Morgan fingerprint density at radius 2 is 0.600 bits per heavy atom. The van der Waals surface area contributed by atoms with Crippen molar-refractivity contribution in [1.29, 1.82) is 0 Å². The fourth-order valence-corrected chi connectivity index (χ4v) is 8.14. The topological polar surface area (TPSA) is 78.9 Å². The monoisotopic (exact) mass is 911 g/mol. The number of ether oxygens (including phenoxy) is 3. The molecule has 0 fully saturated rings. The second kappa shape index (κ2) is 54.0. The summed E-state index contributed by atoms with van der Waals surface area (Å²) < 4.78 is 16.8. The third-order valence-corrected chi connectivity index (χ3v) is 12.3. The number of unbranched alkanes of at least 4 members (excludes halogenated alkanes) is 32. The number of hydrogen-bond donors (Lipinski definition) is 0. The van der Waals surface area contributed by atoms with E-state index in [0.717, 1.165) is 83.5 Å². The van der Waals surface area contributed by atoms with Gasteiger partial charge in [-0.1, -0.05) is 262 Å². The van der Waals surface area contributed by atoms with Gasteiger partial charge in [-0.3, -0.25) is 14.4 Å². The molecule has 0 saturated carbocycles. The number of carbonyl (C=O) groups excluding carboxylic acids is 3. The maximum atomic E-state index is 12.8. The van der Waals surface area contributed by atoms with Crippen molar-refractivity contribution in [2.45, 2.75) is 297 Å². The van der Waals surface area contributed by atoms with E-state index in [9.17, 15) is 14.4 Å². The molecule has 0 radical (unpaired) electrons. The molecule has 378 valence electrons. The van der Waals surface area contributed by atoms with Gasteiger partial charge in [0.1, 0.15) is 13.2 Å². The van der Waals surface area contributed by atoms with Crippen LogP contribution in [0.2, 0.25) is 0 Å². The molecule has 6 nitrogen and oxygen atoms in total. The highest BCUT2D eigenvalue weighted by Crippen LogP contribution is 2.16. The first-order chi connectivity index (χ1) is 32.0. The van der Waals surface area contributed by atoms with Gasteiger partial charge in [-0.05, 0) is 57.8 Å². The van der Waals surface area contributed by atoms with Crippen LogP contribution in [-0.2, 0) is 28.6 Å². The summed E-state index contributed by atoms with van der Waals surface area (Å²) >= 11 is 0. The van der Waals surface area contributed by atoms with Crippen LogP contribution in [0.5, 0.6) is 0 Å². The summed E-state index contributed by atoms with van der Waals surface area (Å²) in [5, 5.41) is 0. The molecule has 0 N–H and O–H groups in total. The maximum Gasteiger partial charge on any atom is 0.306 e. The lowest BCUT2D eigenvalue weighted by Crippen LogP contribution is -2.30. The fourth-order valence-electron chi connectivity index (χ4n) is 8.14. The molecule has 65 heavy (non-hydrogen) atoms. The van der Waals surface area contributed by atoms with Gasteiger partial charge in [0.25, 0.3) is 0 Å². The molecule has 0 aliphatic heterocycles. The van der Waals surface area contributed by atoms with E-state index in [1.165, 1.54) is 167 Å². The normalized spacial score (nSPS) is 12.4. The highest BCUT2D eigenvalue weighted by Gasteiger charge is 2.19. The number of allylic oxidation sites excluding steroid dienone is 8. The average Bonchev–Trinajstić information content (AvgIpc) is 3.30. The zero-order valence-corrected chi connectivity index (χ0v) is 43.3. The Kier molecular flexibility index (Phi) is 51.8. The Hall–Kier alpha value is -2.63. The summed E-state index contributed by atoms with van der Waals surface area (Å²) in [6.45, 7) is 6.53. The van der Waals surface area contributed by atoms with E-state index in [-0.39, 0.29) is 31.1 Å². The zero-order valence-electron chi connectivity index (χ0n) is 43.3. The third-order valence-electron chi connectivity index (χ3n) is 12.3. The summed E-state index contributed by atoms with van der Waals surface area (Å²) in [5.41, 5.74) is 0. The summed E-state index contributed by atoms with van der Waals surface area (Å²) in [5.74, 6) is -0.865. The van der Waals surface area contributed by atoms with Crippen molar-refractivity contribution in [3.63, 3.8) is 0 Å². The zero-order chi connectivity index (χ0) is 47.2. The molecule has 0 aromatic rings. The van der Waals surface area contributed by atoms with Gasteiger partial charge in [-0.15, -0.1) is 0 Å². The molecule has 0 rings (SSSR count). The highest BCUT2D eigenvalue weighted by atomic mass is 16.6. The molecule has 0 aliphatic rings. The molecular weight excluding hydrogens is 805 g/mol. The molecule has 0 spiro atoms. The van der Waals surface area contributed by atoms with Gasteiger partial charge in [0.2, 0.25) is 0 Å². The first-order valence-electron chi connectivity index (χ1n) is 28.1. The fraction of sp³-hybridized carbons (Fsp3) is 0.814. The van der Waals surface area contributed by atoms with Crippen molar-refractivity contribution >= 4 is 17.9 Å². The van der Waals surface area contributed by atoms with E-state index in [0.29, 0.717) is 19.3 Å². The Balaban J connectivity index is 4.20. The Morgan fingerprint density at radius 3 is 0.938 bits per heavy atom. The molecule has 6 heteroatoms. The van der Waals surface area contributed by atoms with Crippen LogP contribution >= 0.6 is 0 Å². The van der Waals surface area contributed by atoms with E-state index in [4.69, 9.17) is 14.2 Å². The number of carbonyl (C=O) groups is 3. The Morgan fingerprint density at radius 1 is 0.323 bits per heavy atom. The summed E-state index contributed by atoms with van der Waals surface area (Å²) in [4.78, 5) is 38.0. The van der Waals surface area contributed by atoms with Gasteiger partial charge in [0.05, 0.1) is 0 Å². The molecule has 0 aliphatic carbocycles. The quantitative estimate of drug-likeness (QED) is 0.0262. The van der Waals surface area contributed by atoms with Crippen LogP contribution in [-0.4, -0.2) is 37.2 Å². The van der Waals surface area contributed by atoms with Crippen LogP contribution in [0, 0.1) is 0 Å². The molecule has 1 atom stereocenters. The van der Waals surface area contributed by atoms with Gasteiger partial charge >= 0.3 is 17.9 Å². The predicted octanol–water partition coefficient (Wildman–Crippen LogP) is 18.7. The van der Waals surface area contributed by atoms with Crippen molar-refractivity contribution in [2.24, 2.45) is 0 Å². The van der Waals surface area contributed by atoms with Crippen LogP contribution in [0.15, 0.2) is 48.6 Å². The van der Waals surface area contributed by atoms with E-state index >= 15 is 0 Å². The van der Waals surface area contributed by atoms with Crippen LogP contribution < -0.4 is 0 Å². The standard InChI is InChI=1S/C59H106O6/c1-4-7-10-13-16-19-21-23-25-27-28-29-30-31-32-33-35-36-38-40-43-46-49-52-58(61)64-55-56(54-63-57(60)51-48-45-42-18-15-12-9-6-3)65-59(62)53-50-47-44-41-39-37-34-26-24-22-20-17-14-11-8-5-2/h7,10,16,19,23,25,28-29,56H,4-6,8-9,11-15,17-18,20-22,24,26-27,30-55H2,1-3H3/b10-7-,19-16-,25-23-,29-28-. The third kappa shape index (κ3) is 52.2. The predicted molar refractivity (Wildman–Crippen MR) is 279 cm³/mol. The highest BCUT2D eigenvalue weighted by molar-refractivity contribution is 5.71. The van der Waals surface area contributed by atoms with Crippen LogP contribution in [0.3, 0.4) is 0 Å². The summed E-state index contributed by atoms with van der Waals surface area (Å²) in [6.07, 6.45) is 65.4. The lowest BCUT2D eigenvalue weighted by atomic mass is 10.0. The smallest absolute Gasteiger partial charge is 0.306 e. The Labute approximate surface area is 403 Å². The number of hydrogen-bond acceptors (Lipinski definition) is 6. The SMILES string of the molecule is CC/C=C\C/C=C\C/C=C\C/C=C\CCCCCCCCCCCCC(=O)OCC(COC(=O)CCCCCCCCCC)OC(=O)CCCCCCCCCCCCCCCCCC. The first kappa shape index (κ1) is 62.4. The maximum absolute atomic E-state index is 12.8. The first-order valence-corrected chi connectivity index (χ1v) is 28.1.